The number of nitrogens with one attached hydrogen (secondary N) is 1. The average Bonchev–Trinajstić information content (AvgIpc) is 2.42. The first-order valence-corrected chi connectivity index (χ1v) is 6.03. The van der Waals surface area contributed by atoms with Crippen LogP contribution in [-0.4, -0.2) is 40.8 Å². The summed E-state index contributed by atoms with van der Waals surface area (Å²) >= 11 is 0. The van der Waals surface area contributed by atoms with Gasteiger partial charge in [0, 0.05) is 24.7 Å². The smallest absolute Gasteiger partial charge is 0.336 e. The highest BCUT2D eigenvalue weighted by molar-refractivity contribution is 6.02. The Bertz CT molecular complexity index is 586. The average molecular weight is 261 g/mol. The third-order valence-corrected chi connectivity index (χ3v) is 2.59. The molecule has 1 aromatic heterocycles. The topological polar surface area (TPSA) is 84.3 Å². The van der Waals surface area contributed by atoms with E-state index < -0.39 is 5.97 Å². The van der Waals surface area contributed by atoms with Crippen LogP contribution in [0.4, 0.5) is 5.95 Å². The predicted molar refractivity (Wildman–Crippen MR) is 71.5 cm³/mol. The van der Waals surface area contributed by atoms with Gasteiger partial charge in [0.2, 0.25) is 5.95 Å². The summed E-state index contributed by atoms with van der Waals surface area (Å²) in [4.78, 5) is 19.4. The number of hydrogen-bond donors (Lipinski definition) is 2. The third kappa shape index (κ3) is 3.17. The van der Waals surface area contributed by atoms with Crippen LogP contribution in [0.5, 0.6) is 0 Å². The Morgan fingerprint density at radius 2 is 2.32 bits per heavy atom. The minimum atomic E-state index is -0.980. The van der Waals surface area contributed by atoms with Crippen LogP contribution in [0.25, 0.3) is 10.9 Å². The van der Waals surface area contributed by atoms with Crippen molar-refractivity contribution in [3.05, 3.63) is 30.0 Å². The second kappa shape index (κ2) is 6.10. The Balaban J connectivity index is 2.19. The molecule has 19 heavy (non-hydrogen) atoms. The number of nitrogens with zero attached hydrogens (tertiary/aromatic N) is 2. The zero-order valence-electron chi connectivity index (χ0n) is 10.6. The fraction of sp³-hybridized carbons (Fsp3) is 0.308. The maximum atomic E-state index is 11.1. The molecule has 2 rings (SSSR count). The van der Waals surface area contributed by atoms with Gasteiger partial charge in [-0.15, -0.1) is 0 Å². The number of carboxylic acid groups (broad SMARTS) is 1. The van der Waals surface area contributed by atoms with E-state index in [9.17, 15) is 4.79 Å². The monoisotopic (exact) mass is 261 g/mol. The first-order chi connectivity index (χ1) is 9.22. The van der Waals surface area contributed by atoms with Crippen LogP contribution in [0.3, 0.4) is 0 Å². The Morgan fingerprint density at radius 3 is 3.05 bits per heavy atom. The van der Waals surface area contributed by atoms with E-state index in [2.05, 4.69) is 15.3 Å². The molecule has 0 aliphatic rings. The number of hydrogen-bond acceptors (Lipinski definition) is 5. The number of carbonyl (C=O) groups is 1. The van der Waals surface area contributed by atoms with Gasteiger partial charge in [-0.1, -0.05) is 6.07 Å². The van der Waals surface area contributed by atoms with Crippen molar-refractivity contribution in [3.8, 4) is 0 Å². The fourth-order valence-corrected chi connectivity index (χ4v) is 1.71. The summed E-state index contributed by atoms with van der Waals surface area (Å²) in [5, 5.41) is 12.6. The summed E-state index contributed by atoms with van der Waals surface area (Å²) in [7, 11) is 0. The highest BCUT2D eigenvalue weighted by atomic mass is 16.5. The van der Waals surface area contributed by atoms with Crippen molar-refractivity contribution in [2.45, 2.75) is 6.92 Å². The lowest BCUT2D eigenvalue weighted by Crippen LogP contribution is -2.11. The maximum absolute atomic E-state index is 11.1. The quantitative estimate of drug-likeness (QED) is 0.771. The normalized spacial score (nSPS) is 10.6. The molecule has 0 fully saturated rings. The first-order valence-electron chi connectivity index (χ1n) is 6.03. The lowest BCUT2D eigenvalue weighted by Gasteiger charge is -2.06. The second-order valence-corrected chi connectivity index (χ2v) is 3.86. The highest BCUT2D eigenvalue weighted by Crippen LogP contribution is 2.17. The summed E-state index contributed by atoms with van der Waals surface area (Å²) in [6.07, 6.45) is 1.52. The van der Waals surface area contributed by atoms with Gasteiger partial charge in [0.05, 0.1) is 17.7 Å². The summed E-state index contributed by atoms with van der Waals surface area (Å²) in [5.41, 5.74) is 0.812. The molecule has 1 aromatic carbocycles. The molecule has 0 aliphatic carbocycles. The Morgan fingerprint density at radius 1 is 1.47 bits per heavy atom. The molecule has 0 bridgehead atoms. The Hall–Kier alpha value is -2.21. The third-order valence-electron chi connectivity index (χ3n) is 2.59. The summed E-state index contributed by atoms with van der Waals surface area (Å²) in [5.74, 6) is -0.513. The van der Waals surface area contributed by atoms with Crippen molar-refractivity contribution in [3.63, 3.8) is 0 Å². The molecule has 6 nitrogen and oxygen atoms in total. The van der Waals surface area contributed by atoms with Crippen LogP contribution in [0.1, 0.15) is 17.3 Å². The molecule has 0 amide bonds. The van der Waals surface area contributed by atoms with Crippen molar-refractivity contribution in [1.82, 2.24) is 9.97 Å². The molecule has 0 saturated carbocycles. The number of benzene rings is 1. The molecule has 2 N–H and O–H groups in total. The summed E-state index contributed by atoms with van der Waals surface area (Å²) in [6.45, 7) is 3.78. The number of aromatic carboxylic acids is 1. The van der Waals surface area contributed by atoms with Gasteiger partial charge in [-0.05, 0) is 19.1 Å². The molecule has 2 aromatic rings. The standard InChI is InChI=1S/C13H15N3O3/c1-2-19-7-6-14-13-15-8-10-9(12(17)18)4-3-5-11(10)16-13/h3-5,8H,2,6-7H2,1H3,(H,17,18)(H,14,15,16). The van der Waals surface area contributed by atoms with E-state index in [-0.39, 0.29) is 5.56 Å². The molecule has 100 valence electrons. The van der Waals surface area contributed by atoms with E-state index in [1.54, 1.807) is 12.1 Å². The molecule has 0 aliphatic heterocycles. The second-order valence-electron chi connectivity index (χ2n) is 3.86. The number of rotatable bonds is 6. The molecule has 0 unspecified atom stereocenters. The van der Waals surface area contributed by atoms with E-state index in [1.165, 1.54) is 12.3 Å². The number of carboxylic acids is 1. The SMILES string of the molecule is CCOCCNc1ncc2c(C(=O)O)cccc2n1. The van der Waals surface area contributed by atoms with E-state index in [0.29, 0.717) is 36.6 Å². The molecule has 0 atom stereocenters. The van der Waals surface area contributed by atoms with Crippen molar-refractivity contribution in [2.75, 3.05) is 25.1 Å². The fourth-order valence-electron chi connectivity index (χ4n) is 1.71. The lowest BCUT2D eigenvalue weighted by atomic mass is 10.1. The van der Waals surface area contributed by atoms with E-state index in [4.69, 9.17) is 9.84 Å². The molecular formula is C13H15N3O3. The van der Waals surface area contributed by atoms with Crippen LogP contribution in [-0.2, 0) is 4.74 Å². The molecular weight excluding hydrogens is 246 g/mol. The van der Waals surface area contributed by atoms with Crippen LogP contribution in [0, 0.1) is 0 Å². The minimum absolute atomic E-state index is 0.207. The largest absolute Gasteiger partial charge is 0.478 e. The first kappa shape index (κ1) is 13.2. The number of aromatic nitrogens is 2. The number of fused-ring (bicyclic) bond motifs is 1. The van der Waals surface area contributed by atoms with Gasteiger partial charge in [-0.25, -0.2) is 14.8 Å². The highest BCUT2D eigenvalue weighted by Gasteiger charge is 2.09. The van der Waals surface area contributed by atoms with Gasteiger partial charge >= 0.3 is 5.97 Å². The van der Waals surface area contributed by atoms with Crippen molar-refractivity contribution in [2.24, 2.45) is 0 Å². The number of anilines is 1. The Kier molecular flexibility index (Phi) is 4.25. The van der Waals surface area contributed by atoms with E-state index >= 15 is 0 Å². The minimum Gasteiger partial charge on any atom is -0.478 e. The zero-order chi connectivity index (χ0) is 13.7. The summed E-state index contributed by atoms with van der Waals surface area (Å²) in [6, 6.07) is 4.97. The van der Waals surface area contributed by atoms with Crippen molar-refractivity contribution < 1.29 is 14.6 Å². The molecule has 0 spiro atoms. The van der Waals surface area contributed by atoms with Gasteiger partial charge in [0.25, 0.3) is 0 Å². The Labute approximate surface area is 110 Å². The van der Waals surface area contributed by atoms with Crippen molar-refractivity contribution >= 4 is 22.8 Å². The van der Waals surface area contributed by atoms with E-state index in [1.807, 2.05) is 6.92 Å². The maximum Gasteiger partial charge on any atom is 0.336 e. The van der Waals surface area contributed by atoms with Crippen LogP contribution in [0.2, 0.25) is 0 Å². The molecule has 6 heteroatoms. The van der Waals surface area contributed by atoms with Gasteiger partial charge in [-0.3, -0.25) is 0 Å². The lowest BCUT2D eigenvalue weighted by molar-refractivity contribution is 0.0699. The van der Waals surface area contributed by atoms with Crippen LogP contribution >= 0.6 is 0 Å². The number of ether oxygens (including phenoxy) is 1. The molecule has 0 saturated heterocycles. The van der Waals surface area contributed by atoms with Gasteiger partial charge in [-0.2, -0.15) is 0 Å². The van der Waals surface area contributed by atoms with Crippen LogP contribution < -0.4 is 5.32 Å². The van der Waals surface area contributed by atoms with Crippen LogP contribution in [0.15, 0.2) is 24.4 Å². The van der Waals surface area contributed by atoms with E-state index in [0.717, 1.165) is 0 Å². The van der Waals surface area contributed by atoms with Gasteiger partial charge in [0.1, 0.15) is 0 Å². The van der Waals surface area contributed by atoms with Crippen molar-refractivity contribution in [1.29, 1.82) is 0 Å². The zero-order valence-corrected chi connectivity index (χ0v) is 10.6. The van der Waals surface area contributed by atoms with Gasteiger partial charge in [0.15, 0.2) is 0 Å². The molecule has 1 heterocycles. The van der Waals surface area contributed by atoms with Gasteiger partial charge < -0.3 is 15.2 Å². The summed E-state index contributed by atoms with van der Waals surface area (Å²) < 4.78 is 5.20. The predicted octanol–water partition coefficient (Wildman–Crippen LogP) is 1.78. The molecule has 0 radical (unpaired) electrons.